The third kappa shape index (κ3) is 3.20. The van der Waals surface area contributed by atoms with Gasteiger partial charge in [-0.1, -0.05) is 0 Å². The minimum atomic E-state index is -4.62. The van der Waals surface area contributed by atoms with Crippen molar-refractivity contribution in [2.75, 3.05) is 6.54 Å². The third-order valence-corrected chi connectivity index (χ3v) is 4.01. The van der Waals surface area contributed by atoms with Crippen LogP contribution in [0.4, 0.5) is 22.0 Å². The summed E-state index contributed by atoms with van der Waals surface area (Å²) in [5.41, 5.74) is -0.958. The van der Waals surface area contributed by atoms with Crippen LogP contribution in [0.2, 0.25) is 0 Å². The molecule has 21 heavy (non-hydrogen) atoms. The molecule has 1 unspecified atom stereocenters. The molecule has 1 saturated heterocycles. The molecule has 0 saturated carbocycles. The van der Waals surface area contributed by atoms with Crippen molar-refractivity contribution < 1.29 is 26.7 Å². The number of halogens is 6. The summed E-state index contributed by atoms with van der Waals surface area (Å²) in [5.74, 6) is -3.63. The Balaban J connectivity index is 2.41. The molecule has 116 valence electrons. The number of carbonyl (C=O) groups is 1. The van der Waals surface area contributed by atoms with Crippen molar-refractivity contribution in [3.05, 3.63) is 33.8 Å². The summed E-state index contributed by atoms with van der Waals surface area (Å²) in [6.45, 7) is -0.172. The van der Waals surface area contributed by atoms with E-state index in [2.05, 4.69) is 15.9 Å². The maximum Gasteiger partial charge on any atom is 0.408 e. The Morgan fingerprint density at radius 2 is 1.90 bits per heavy atom. The van der Waals surface area contributed by atoms with Crippen molar-refractivity contribution in [2.45, 2.75) is 31.5 Å². The minimum Gasteiger partial charge on any atom is -0.326 e. The van der Waals surface area contributed by atoms with E-state index in [1.807, 2.05) is 0 Å². The Hall–Kier alpha value is -1.18. The molecule has 0 aromatic heterocycles. The molecule has 0 N–H and O–H groups in total. The van der Waals surface area contributed by atoms with Gasteiger partial charge in [-0.05, 0) is 47.3 Å². The van der Waals surface area contributed by atoms with Gasteiger partial charge in [0.25, 0.3) is 5.91 Å². The molecule has 0 radical (unpaired) electrons. The molecule has 1 aliphatic heterocycles. The summed E-state index contributed by atoms with van der Waals surface area (Å²) in [5, 5.41) is 0. The Morgan fingerprint density at radius 1 is 1.24 bits per heavy atom. The molecule has 2 nitrogen and oxygen atoms in total. The lowest BCUT2D eigenvalue weighted by molar-refractivity contribution is -0.183. The van der Waals surface area contributed by atoms with Crippen LogP contribution in [0, 0.1) is 11.6 Å². The Morgan fingerprint density at radius 3 is 2.52 bits per heavy atom. The van der Waals surface area contributed by atoms with Gasteiger partial charge >= 0.3 is 6.18 Å². The fraction of sp³-hybridized carbons (Fsp3) is 0.462. The number of likely N-dealkylation sites (tertiary alicyclic amines) is 1. The number of hydrogen-bond donors (Lipinski definition) is 0. The summed E-state index contributed by atoms with van der Waals surface area (Å²) in [4.78, 5) is 12.7. The lowest BCUT2D eigenvalue weighted by atomic mass is 10.00. The number of hydrogen-bond acceptors (Lipinski definition) is 1. The van der Waals surface area contributed by atoms with E-state index < -0.39 is 35.3 Å². The van der Waals surface area contributed by atoms with Crippen molar-refractivity contribution in [2.24, 2.45) is 0 Å². The van der Waals surface area contributed by atoms with Crippen LogP contribution in [0.1, 0.15) is 29.6 Å². The average molecular weight is 372 g/mol. The summed E-state index contributed by atoms with van der Waals surface area (Å²) in [7, 11) is 0. The summed E-state index contributed by atoms with van der Waals surface area (Å²) in [6.07, 6.45) is -4.19. The standard InChI is InChI=1S/C13H11BrF5NO/c14-7-4-5-8(15)10(11(7)16)12(21)20-6-2-1-3-9(20)13(17,18)19/h4-5,9H,1-3,6H2. The number of benzene rings is 1. The van der Waals surface area contributed by atoms with E-state index in [1.165, 1.54) is 0 Å². The Kier molecular flexibility index (Phi) is 4.55. The molecule has 1 aromatic rings. The lowest BCUT2D eigenvalue weighted by Gasteiger charge is -2.36. The van der Waals surface area contributed by atoms with Gasteiger partial charge in [-0.2, -0.15) is 13.2 Å². The van der Waals surface area contributed by atoms with Crippen LogP contribution in [-0.2, 0) is 0 Å². The maximum absolute atomic E-state index is 13.9. The number of amides is 1. The number of carbonyl (C=O) groups excluding carboxylic acids is 1. The van der Waals surface area contributed by atoms with Crippen LogP contribution in [0.25, 0.3) is 0 Å². The van der Waals surface area contributed by atoms with Crippen molar-refractivity contribution in [3.63, 3.8) is 0 Å². The van der Waals surface area contributed by atoms with Crippen LogP contribution in [0.5, 0.6) is 0 Å². The second-order valence-corrected chi connectivity index (χ2v) is 5.62. The van der Waals surface area contributed by atoms with Gasteiger partial charge in [0, 0.05) is 6.54 Å². The minimum absolute atomic E-state index is 0.172. The van der Waals surface area contributed by atoms with Gasteiger partial charge in [-0.25, -0.2) is 8.78 Å². The number of rotatable bonds is 1. The van der Waals surface area contributed by atoms with Crippen LogP contribution in [0.15, 0.2) is 16.6 Å². The first kappa shape index (κ1) is 16.2. The van der Waals surface area contributed by atoms with Crippen LogP contribution in [0.3, 0.4) is 0 Å². The number of alkyl halides is 3. The highest BCUT2D eigenvalue weighted by molar-refractivity contribution is 9.10. The first-order chi connectivity index (χ1) is 9.73. The highest BCUT2D eigenvalue weighted by atomic mass is 79.9. The Bertz CT molecular complexity index is 560. The first-order valence-electron chi connectivity index (χ1n) is 6.24. The smallest absolute Gasteiger partial charge is 0.326 e. The molecule has 1 heterocycles. The van der Waals surface area contributed by atoms with Crippen molar-refractivity contribution in [1.29, 1.82) is 0 Å². The van der Waals surface area contributed by atoms with Crippen molar-refractivity contribution in [1.82, 2.24) is 4.90 Å². The van der Waals surface area contributed by atoms with Crippen molar-refractivity contribution in [3.8, 4) is 0 Å². The van der Waals surface area contributed by atoms with Gasteiger partial charge in [-0.3, -0.25) is 4.79 Å². The lowest BCUT2D eigenvalue weighted by Crippen LogP contribution is -2.51. The van der Waals surface area contributed by atoms with E-state index in [4.69, 9.17) is 0 Å². The largest absolute Gasteiger partial charge is 0.408 e. The fourth-order valence-corrected chi connectivity index (χ4v) is 2.71. The van der Waals surface area contributed by atoms with E-state index in [0.717, 1.165) is 12.1 Å². The Labute approximate surface area is 126 Å². The quantitative estimate of drug-likeness (QED) is 0.532. The monoisotopic (exact) mass is 371 g/mol. The normalized spacial score (nSPS) is 19.7. The van der Waals surface area contributed by atoms with E-state index in [-0.39, 0.29) is 17.4 Å². The van der Waals surface area contributed by atoms with Gasteiger partial charge in [0.1, 0.15) is 17.4 Å². The molecule has 1 atom stereocenters. The molecule has 1 aromatic carbocycles. The average Bonchev–Trinajstić information content (AvgIpc) is 2.42. The molecule has 0 spiro atoms. The second-order valence-electron chi connectivity index (χ2n) is 4.77. The molecular formula is C13H11BrF5NO. The molecule has 1 aliphatic rings. The van der Waals surface area contributed by atoms with E-state index in [9.17, 15) is 26.7 Å². The molecule has 8 heteroatoms. The third-order valence-electron chi connectivity index (χ3n) is 3.40. The molecule has 0 bridgehead atoms. The molecular weight excluding hydrogens is 361 g/mol. The van der Waals surface area contributed by atoms with E-state index >= 15 is 0 Å². The topological polar surface area (TPSA) is 20.3 Å². The SMILES string of the molecule is O=C(c1c(F)ccc(Br)c1F)N1CCCCC1C(F)(F)F. The van der Waals surface area contributed by atoms with Crippen LogP contribution >= 0.6 is 15.9 Å². The predicted molar refractivity (Wildman–Crippen MR) is 68.8 cm³/mol. The van der Waals surface area contributed by atoms with Gasteiger partial charge in [0.15, 0.2) is 5.82 Å². The highest BCUT2D eigenvalue weighted by Gasteiger charge is 2.47. The van der Waals surface area contributed by atoms with E-state index in [0.29, 0.717) is 17.7 Å². The van der Waals surface area contributed by atoms with Gasteiger partial charge in [0.05, 0.1) is 4.47 Å². The molecule has 1 fully saturated rings. The number of piperidine rings is 1. The van der Waals surface area contributed by atoms with Crippen LogP contribution < -0.4 is 0 Å². The van der Waals surface area contributed by atoms with Crippen LogP contribution in [-0.4, -0.2) is 29.6 Å². The van der Waals surface area contributed by atoms with Gasteiger partial charge in [0.2, 0.25) is 0 Å². The molecule has 1 amide bonds. The summed E-state index contributed by atoms with van der Waals surface area (Å²) < 4.78 is 66.2. The maximum atomic E-state index is 13.9. The first-order valence-corrected chi connectivity index (χ1v) is 7.04. The summed E-state index contributed by atoms with van der Waals surface area (Å²) in [6, 6.07) is -0.109. The van der Waals surface area contributed by atoms with Gasteiger partial charge < -0.3 is 4.90 Å². The molecule has 2 rings (SSSR count). The highest BCUT2D eigenvalue weighted by Crippen LogP contribution is 2.34. The fourth-order valence-electron chi connectivity index (χ4n) is 2.38. The molecule has 0 aliphatic carbocycles. The van der Waals surface area contributed by atoms with Gasteiger partial charge in [-0.15, -0.1) is 0 Å². The zero-order chi connectivity index (χ0) is 15.8. The zero-order valence-corrected chi connectivity index (χ0v) is 12.3. The van der Waals surface area contributed by atoms with Crippen molar-refractivity contribution >= 4 is 21.8 Å². The second kappa shape index (κ2) is 5.90. The zero-order valence-electron chi connectivity index (χ0n) is 10.7. The predicted octanol–water partition coefficient (Wildman–Crippen LogP) is 4.28. The van der Waals surface area contributed by atoms with E-state index in [1.54, 1.807) is 0 Å². The number of nitrogens with zero attached hydrogens (tertiary/aromatic N) is 1. The summed E-state index contributed by atoms with van der Waals surface area (Å²) >= 11 is 2.79.